The molecule has 4 aromatic heterocycles. The fourth-order valence-electron chi connectivity index (χ4n) is 5.01. The summed E-state index contributed by atoms with van der Waals surface area (Å²) in [5.74, 6) is -0.956. The number of aromatic nitrogens is 4. The highest BCUT2D eigenvalue weighted by Crippen LogP contribution is 2.45. The summed E-state index contributed by atoms with van der Waals surface area (Å²) in [5, 5.41) is 12.6. The van der Waals surface area contributed by atoms with Crippen molar-refractivity contribution in [2.45, 2.75) is 84.5 Å². The van der Waals surface area contributed by atoms with Crippen LogP contribution in [-0.4, -0.2) is 62.5 Å². The Morgan fingerprint density at radius 3 is 2.22 bits per heavy atom. The van der Waals surface area contributed by atoms with Crippen molar-refractivity contribution in [3.63, 3.8) is 0 Å². The van der Waals surface area contributed by atoms with E-state index in [0.717, 1.165) is 5.01 Å². The topological polar surface area (TPSA) is 181 Å². The summed E-state index contributed by atoms with van der Waals surface area (Å²) in [6, 6.07) is -1.04. The number of nitrogens with zero attached hydrogens (tertiary/aromatic N) is 5. The maximum atomic E-state index is 12.6. The van der Waals surface area contributed by atoms with Gasteiger partial charge in [-0.2, -0.15) is 0 Å². The molecule has 0 saturated heterocycles. The van der Waals surface area contributed by atoms with Crippen molar-refractivity contribution in [3.05, 3.63) is 53.6 Å². The van der Waals surface area contributed by atoms with Gasteiger partial charge >= 0.3 is 18.0 Å². The van der Waals surface area contributed by atoms with Gasteiger partial charge in [0.05, 0.1) is 36.2 Å². The fourth-order valence-corrected chi connectivity index (χ4v) is 8.68. The molecule has 0 spiro atoms. The third kappa shape index (κ3) is 8.40. The Bertz CT molecular complexity index is 1840. The van der Waals surface area contributed by atoms with Crippen molar-refractivity contribution < 1.29 is 28.6 Å². The smallest absolute Gasteiger partial charge is 0.408 e. The maximum absolute atomic E-state index is 12.6. The second kappa shape index (κ2) is 15.1. The largest absolute Gasteiger partial charge is 0.461 e. The van der Waals surface area contributed by atoms with E-state index in [-0.39, 0.29) is 36.6 Å². The Labute approximate surface area is 300 Å². The van der Waals surface area contributed by atoms with E-state index in [9.17, 15) is 14.4 Å². The second-order valence-corrected chi connectivity index (χ2v) is 16.0. The molecule has 0 fully saturated rings. The van der Waals surface area contributed by atoms with Crippen LogP contribution in [0.4, 0.5) is 4.79 Å². The SMILES string of the molecule is CCOC(=O)c1csc(C2=NC(c3csc(-c4csc([C@@H](NC(=O)OC(C)(C)C)C(C)C)n4)n3)C(N)(c3nc(C(=O)OCC)cs3)CC2)n1. The highest BCUT2D eigenvalue weighted by atomic mass is 32.1. The van der Waals surface area contributed by atoms with Crippen molar-refractivity contribution in [2.75, 3.05) is 13.2 Å². The lowest BCUT2D eigenvalue weighted by Crippen LogP contribution is -2.45. The minimum Gasteiger partial charge on any atom is -0.461 e. The number of amides is 1. The summed E-state index contributed by atoms with van der Waals surface area (Å²) in [7, 11) is 0. The van der Waals surface area contributed by atoms with Crippen LogP contribution >= 0.6 is 45.3 Å². The number of rotatable bonds is 11. The van der Waals surface area contributed by atoms with Gasteiger partial charge in [0.2, 0.25) is 0 Å². The molecule has 1 aliphatic rings. The van der Waals surface area contributed by atoms with E-state index in [1.165, 1.54) is 45.3 Å². The number of hydrogen-bond acceptors (Lipinski definition) is 16. The van der Waals surface area contributed by atoms with Crippen molar-refractivity contribution in [2.24, 2.45) is 16.6 Å². The van der Waals surface area contributed by atoms with Crippen molar-refractivity contribution in [3.8, 4) is 10.7 Å². The first-order chi connectivity index (χ1) is 23.2. The normalized spacial score (nSPS) is 18.6. The van der Waals surface area contributed by atoms with E-state index in [2.05, 4.69) is 15.3 Å². The molecular weight excluding hydrogens is 707 g/mol. The average molecular weight is 746 g/mol. The Morgan fingerprint density at radius 2 is 1.57 bits per heavy atom. The standard InChI is InChI=1S/C32H39N7O6S4/c1-8-43-27(40)20-14-47-24(37-20)17-10-11-32(33,29-38-21(15-49-29)28(41)44-9-2)23(34-17)18-12-46-25(35-18)19-13-48-26(36-19)22(16(3)4)39-30(42)45-31(5,6)7/h12-16,22-23H,8-11,33H2,1-7H3,(H,39,42)/t22-,23?,32?/m0/s1. The molecular formula is C32H39N7O6S4. The molecule has 5 heterocycles. The van der Waals surface area contributed by atoms with Crippen molar-refractivity contribution in [1.29, 1.82) is 0 Å². The molecule has 3 N–H and O–H groups in total. The molecule has 1 amide bonds. The zero-order chi connectivity index (χ0) is 35.5. The molecule has 0 aliphatic carbocycles. The number of aliphatic imine (C=N–C) groups is 1. The first-order valence-electron chi connectivity index (χ1n) is 15.7. The summed E-state index contributed by atoms with van der Waals surface area (Å²) in [5.41, 5.74) is 7.83. The Hall–Kier alpha value is -3.64. The second-order valence-electron chi connectivity index (χ2n) is 12.6. The Morgan fingerprint density at radius 1 is 0.918 bits per heavy atom. The van der Waals surface area contributed by atoms with Crippen LogP contribution in [0.2, 0.25) is 0 Å². The molecule has 3 atom stereocenters. The molecule has 17 heteroatoms. The summed E-state index contributed by atoms with van der Waals surface area (Å²) < 4.78 is 15.8. The van der Waals surface area contributed by atoms with Crippen molar-refractivity contribution in [1.82, 2.24) is 25.3 Å². The predicted molar refractivity (Wildman–Crippen MR) is 191 cm³/mol. The third-order valence-corrected chi connectivity index (χ3v) is 11.1. The quantitative estimate of drug-likeness (QED) is 0.120. The molecule has 4 aromatic rings. The van der Waals surface area contributed by atoms with Gasteiger partial charge in [0.15, 0.2) is 11.4 Å². The number of nitrogens with two attached hydrogens (primary N) is 1. The Balaban J connectivity index is 1.48. The first-order valence-corrected chi connectivity index (χ1v) is 19.3. The van der Waals surface area contributed by atoms with Gasteiger partial charge in [0.25, 0.3) is 0 Å². The summed E-state index contributed by atoms with van der Waals surface area (Å²) in [6.07, 6.45) is 0.388. The lowest BCUT2D eigenvalue weighted by molar-refractivity contribution is 0.0484. The number of nitrogens with one attached hydrogen (secondary N) is 1. The van der Waals surface area contributed by atoms with Gasteiger partial charge in [-0.1, -0.05) is 13.8 Å². The Kier molecular flexibility index (Phi) is 11.3. The minimum absolute atomic E-state index is 0.0548. The zero-order valence-corrected chi connectivity index (χ0v) is 31.5. The van der Waals surface area contributed by atoms with Crippen LogP contribution in [0.5, 0.6) is 0 Å². The number of alkyl carbamates (subject to hydrolysis) is 1. The number of carbonyl (C=O) groups excluding carboxylic acids is 3. The van der Waals surface area contributed by atoms with E-state index in [1.54, 1.807) is 24.6 Å². The molecule has 0 aromatic carbocycles. The van der Waals surface area contributed by atoms with E-state index in [0.29, 0.717) is 45.0 Å². The van der Waals surface area contributed by atoms with Gasteiger partial charge in [0, 0.05) is 21.5 Å². The molecule has 2 unspecified atom stereocenters. The third-order valence-electron chi connectivity index (χ3n) is 7.32. The predicted octanol–water partition coefficient (Wildman–Crippen LogP) is 6.93. The van der Waals surface area contributed by atoms with Gasteiger partial charge in [-0.3, -0.25) is 4.99 Å². The average Bonchev–Trinajstić information content (AvgIpc) is 3.86. The van der Waals surface area contributed by atoms with Crippen LogP contribution < -0.4 is 11.1 Å². The van der Waals surface area contributed by atoms with Crippen molar-refractivity contribution >= 4 is 69.1 Å². The van der Waals surface area contributed by atoms with Gasteiger partial charge < -0.3 is 25.3 Å². The lowest BCUT2D eigenvalue weighted by atomic mass is 9.82. The van der Waals surface area contributed by atoms with E-state index in [1.807, 2.05) is 45.4 Å². The van der Waals surface area contributed by atoms with Crippen LogP contribution in [0.3, 0.4) is 0 Å². The maximum Gasteiger partial charge on any atom is 0.408 e. The zero-order valence-electron chi connectivity index (χ0n) is 28.3. The van der Waals surface area contributed by atoms with Gasteiger partial charge in [0.1, 0.15) is 37.4 Å². The molecule has 1 aliphatic heterocycles. The molecule has 49 heavy (non-hydrogen) atoms. The summed E-state index contributed by atoms with van der Waals surface area (Å²) >= 11 is 5.43. The van der Waals surface area contributed by atoms with Gasteiger partial charge in [-0.25, -0.2) is 34.3 Å². The lowest BCUT2D eigenvalue weighted by Gasteiger charge is -2.36. The van der Waals surface area contributed by atoms with Gasteiger partial charge in [-0.05, 0) is 53.4 Å². The van der Waals surface area contributed by atoms with Crippen LogP contribution in [0.15, 0.2) is 26.5 Å². The number of esters is 2. The number of thiazole rings is 4. The van der Waals surface area contributed by atoms with Crippen LogP contribution in [0.25, 0.3) is 10.7 Å². The van der Waals surface area contributed by atoms with Crippen LogP contribution in [-0.2, 0) is 19.7 Å². The highest BCUT2D eigenvalue weighted by Gasteiger charge is 2.45. The molecule has 5 rings (SSSR count). The fraction of sp³-hybridized carbons (Fsp3) is 0.500. The molecule has 13 nitrogen and oxygen atoms in total. The van der Waals surface area contributed by atoms with E-state index in [4.69, 9.17) is 34.9 Å². The van der Waals surface area contributed by atoms with Crippen LogP contribution in [0.1, 0.15) is 115 Å². The molecule has 262 valence electrons. The van der Waals surface area contributed by atoms with Gasteiger partial charge in [-0.15, -0.1) is 45.3 Å². The summed E-state index contributed by atoms with van der Waals surface area (Å²) in [4.78, 5) is 61.4. The molecule has 0 saturated carbocycles. The molecule has 0 bridgehead atoms. The number of ether oxygens (including phenoxy) is 3. The molecule has 0 radical (unpaired) electrons. The first kappa shape index (κ1) is 36.6. The number of carbonyl (C=O) groups is 3. The number of hydrogen-bond donors (Lipinski definition) is 2. The summed E-state index contributed by atoms with van der Waals surface area (Å²) in [6.45, 7) is 13.4. The monoisotopic (exact) mass is 745 g/mol. The van der Waals surface area contributed by atoms with Crippen LogP contribution in [0, 0.1) is 5.92 Å². The van der Waals surface area contributed by atoms with E-state index < -0.39 is 35.2 Å². The van der Waals surface area contributed by atoms with E-state index >= 15 is 0 Å². The minimum atomic E-state index is -1.10. The highest BCUT2D eigenvalue weighted by molar-refractivity contribution is 7.14.